The summed E-state index contributed by atoms with van der Waals surface area (Å²) in [5.74, 6) is -1.10. The molecule has 0 amide bonds. The molecule has 188 valence electrons. The van der Waals surface area contributed by atoms with E-state index < -0.39 is 35.2 Å². The maximum absolute atomic E-state index is 13.4. The summed E-state index contributed by atoms with van der Waals surface area (Å²) in [6.45, 7) is -0.711. The highest BCUT2D eigenvalue weighted by Gasteiger charge is 2.27. The molecular formula is C27H24N4O6. The van der Waals surface area contributed by atoms with E-state index in [0.717, 1.165) is 33.1 Å². The zero-order valence-corrected chi connectivity index (χ0v) is 20.3. The standard InChI is InChI=1S/C27H24N4O6/c1-30-24(28)22(25(33)31(2)27(30)35)20(32)14-37-26(34)21-17-9-3-4-11-19(17)29-23-15(7-5-10-18(21)23)13-16-8-6-12-36-16/h3-4,6,8-9,11-13H,5,7,10,14,28H2,1-2H3. The number of nitrogens with two attached hydrogens (primary N) is 1. The van der Waals surface area contributed by atoms with Crippen molar-refractivity contribution < 1.29 is 18.7 Å². The van der Waals surface area contributed by atoms with Crippen molar-refractivity contribution in [3.8, 4) is 0 Å². The number of nitrogens with zero attached hydrogens (tertiary/aromatic N) is 3. The molecule has 0 fully saturated rings. The number of furan rings is 1. The Morgan fingerprint density at radius 3 is 2.62 bits per heavy atom. The molecule has 0 aliphatic heterocycles. The van der Waals surface area contributed by atoms with Crippen LogP contribution in [-0.2, 0) is 25.3 Å². The second-order valence-corrected chi connectivity index (χ2v) is 8.83. The summed E-state index contributed by atoms with van der Waals surface area (Å²) in [5, 5.41) is 0.607. The van der Waals surface area contributed by atoms with Gasteiger partial charge in [-0.15, -0.1) is 0 Å². The van der Waals surface area contributed by atoms with E-state index in [-0.39, 0.29) is 5.82 Å². The molecule has 0 radical (unpaired) electrons. The van der Waals surface area contributed by atoms with Gasteiger partial charge in [-0.05, 0) is 54.7 Å². The van der Waals surface area contributed by atoms with Crippen LogP contribution in [0.15, 0.2) is 56.7 Å². The van der Waals surface area contributed by atoms with Crippen LogP contribution >= 0.6 is 0 Å². The van der Waals surface area contributed by atoms with Crippen molar-refractivity contribution >= 4 is 40.1 Å². The molecule has 10 heteroatoms. The Kier molecular flexibility index (Phi) is 6.08. The van der Waals surface area contributed by atoms with E-state index in [4.69, 9.17) is 19.9 Å². The van der Waals surface area contributed by atoms with E-state index in [0.29, 0.717) is 34.3 Å². The number of hydrogen-bond acceptors (Lipinski definition) is 8. The lowest BCUT2D eigenvalue weighted by molar-refractivity contribution is 0.0475. The van der Waals surface area contributed by atoms with Crippen LogP contribution in [0.3, 0.4) is 0 Å². The highest BCUT2D eigenvalue weighted by molar-refractivity contribution is 6.08. The Bertz CT molecular complexity index is 1710. The van der Waals surface area contributed by atoms with Crippen LogP contribution in [0.4, 0.5) is 5.82 Å². The first-order valence-corrected chi connectivity index (χ1v) is 11.7. The number of ketones is 1. The van der Waals surface area contributed by atoms with Gasteiger partial charge in [-0.2, -0.15) is 0 Å². The minimum atomic E-state index is -0.846. The SMILES string of the molecule is Cn1c(N)c(C(=O)COC(=O)c2c3c(nc4ccccc24)C(=Cc2ccco2)CCC3)c(=O)n(C)c1=O. The zero-order valence-electron chi connectivity index (χ0n) is 20.3. The zero-order chi connectivity index (χ0) is 26.3. The number of nitrogen functional groups attached to an aromatic ring is 1. The molecular weight excluding hydrogens is 476 g/mol. The highest BCUT2D eigenvalue weighted by atomic mass is 16.5. The lowest BCUT2D eigenvalue weighted by atomic mass is 9.86. The number of esters is 1. The molecule has 3 aromatic heterocycles. The molecule has 0 saturated heterocycles. The number of hydrogen-bond donors (Lipinski definition) is 1. The van der Waals surface area contributed by atoms with Gasteiger partial charge in [0.2, 0.25) is 5.78 Å². The molecule has 2 N–H and O–H groups in total. The van der Waals surface area contributed by atoms with E-state index in [2.05, 4.69) is 0 Å². The van der Waals surface area contributed by atoms with Crippen molar-refractivity contribution in [2.24, 2.45) is 14.1 Å². The summed E-state index contributed by atoms with van der Waals surface area (Å²) in [4.78, 5) is 55.8. The first-order valence-electron chi connectivity index (χ1n) is 11.7. The predicted octanol–water partition coefficient (Wildman–Crippen LogP) is 2.72. The highest BCUT2D eigenvalue weighted by Crippen LogP contribution is 2.36. The molecule has 0 atom stereocenters. The number of rotatable bonds is 5. The number of anilines is 1. The molecule has 0 unspecified atom stereocenters. The number of carbonyl (C=O) groups excluding carboxylic acids is 2. The second-order valence-electron chi connectivity index (χ2n) is 8.83. The van der Waals surface area contributed by atoms with Gasteiger partial charge in [-0.3, -0.25) is 18.7 Å². The molecule has 0 bridgehead atoms. The minimum absolute atomic E-state index is 0.284. The number of para-hydroxylation sites is 1. The van der Waals surface area contributed by atoms with Gasteiger partial charge in [-0.25, -0.2) is 14.6 Å². The number of Topliss-reactive ketones (excluding diaryl/α,β-unsaturated/α-hetero) is 1. The molecule has 1 aromatic carbocycles. The molecule has 5 rings (SSSR count). The first-order chi connectivity index (χ1) is 17.8. The van der Waals surface area contributed by atoms with E-state index >= 15 is 0 Å². The third-order valence-electron chi connectivity index (χ3n) is 6.56. The van der Waals surface area contributed by atoms with Crippen molar-refractivity contribution in [2.45, 2.75) is 19.3 Å². The number of benzene rings is 1. The summed E-state index contributed by atoms with van der Waals surface area (Å²) in [6.07, 6.45) is 5.67. The van der Waals surface area contributed by atoms with Gasteiger partial charge in [-0.1, -0.05) is 18.2 Å². The molecule has 3 heterocycles. The average Bonchev–Trinajstić information content (AvgIpc) is 3.41. The van der Waals surface area contributed by atoms with Crippen LogP contribution in [0.25, 0.3) is 22.6 Å². The summed E-state index contributed by atoms with van der Waals surface area (Å²) < 4.78 is 12.7. The number of fused-ring (bicyclic) bond motifs is 2. The largest absolute Gasteiger partial charge is 0.465 e. The fourth-order valence-electron chi connectivity index (χ4n) is 4.65. The Morgan fingerprint density at radius 1 is 1.08 bits per heavy atom. The molecule has 1 aliphatic carbocycles. The Morgan fingerprint density at radius 2 is 1.86 bits per heavy atom. The minimum Gasteiger partial charge on any atom is -0.465 e. The number of aromatic nitrogens is 3. The third kappa shape index (κ3) is 4.16. The fraction of sp³-hybridized carbons (Fsp3) is 0.222. The predicted molar refractivity (Wildman–Crippen MR) is 137 cm³/mol. The van der Waals surface area contributed by atoms with Gasteiger partial charge in [0.15, 0.2) is 6.61 Å². The topological polar surface area (TPSA) is 139 Å². The molecule has 10 nitrogen and oxygen atoms in total. The van der Waals surface area contributed by atoms with Gasteiger partial charge in [0, 0.05) is 19.5 Å². The van der Waals surface area contributed by atoms with Crippen molar-refractivity contribution in [2.75, 3.05) is 12.3 Å². The van der Waals surface area contributed by atoms with E-state index in [1.54, 1.807) is 24.5 Å². The van der Waals surface area contributed by atoms with Crippen LogP contribution < -0.4 is 17.0 Å². The van der Waals surface area contributed by atoms with Crippen LogP contribution in [0.5, 0.6) is 0 Å². The first kappa shape index (κ1) is 24.0. The average molecular weight is 501 g/mol. The molecule has 4 aromatic rings. The normalized spacial score (nSPS) is 14.1. The van der Waals surface area contributed by atoms with Crippen LogP contribution in [0.2, 0.25) is 0 Å². The molecule has 37 heavy (non-hydrogen) atoms. The van der Waals surface area contributed by atoms with Crippen molar-refractivity contribution in [1.29, 1.82) is 0 Å². The van der Waals surface area contributed by atoms with E-state index in [1.165, 1.54) is 14.1 Å². The van der Waals surface area contributed by atoms with Crippen LogP contribution in [0, 0.1) is 0 Å². The second kappa shape index (κ2) is 9.38. The summed E-state index contributed by atoms with van der Waals surface area (Å²) in [6, 6.07) is 10.9. The van der Waals surface area contributed by atoms with Gasteiger partial charge < -0.3 is 14.9 Å². The van der Waals surface area contributed by atoms with E-state index in [9.17, 15) is 19.2 Å². The number of ether oxygens (including phenoxy) is 1. The lowest BCUT2D eigenvalue weighted by Crippen LogP contribution is -2.42. The Labute approximate surface area is 210 Å². The van der Waals surface area contributed by atoms with E-state index in [1.807, 2.05) is 24.3 Å². The lowest BCUT2D eigenvalue weighted by Gasteiger charge is -2.22. The van der Waals surface area contributed by atoms with Crippen molar-refractivity contribution in [3.63, 3.8) is 0 Å². The molecule has 0 spiro atoms. The van der Waals surface area contributed by atoms with Gasteiger partial charge in [0.1, 0.15) is 17.1 Å². The van der Waals surface area contributed by atoms with Crippen LogP contribution in [-0.4, -0.2) is 32.5 Å². The summed E-state index contributed by atoms with van der Waals surface area (Å²) >= 11 is 0. The number of pyridine rings is 1. The smallest absolute Gasteiger partial charge is 0.339 e. The Balaban J connectivity index is 1.53. The third-order valence-corrected chi connectivity index (χ3v) is 6.56. The maximum Gasteiger partial charge on any atom is 0.339 e. The summed E-state index contributed by atoms with van der Waals surface area (Å²) in [7, 11) is 2.60. The van der Waals surface area contributed by atoms with Crippen molar-refractivity contribution in [3.05, 3.63) is 91.6 Å². The molecule has 0 saturated carbocycles. The quantitative estimate of drug-likeness (QED) is 0.326. The Hall–Kier alpha value is -4.73. The maximum atomic E-state index is 13.4. The molecule has 1 aliphatic rings. The van der Waals surface area contributed by atoms with Crippen molar-refractivity contribution in [1.82, 2.24) is 14.1 Å². The summed E-state index contributed by atoms with van der Waals surface area (Å²) in [5.41, 5.74) is 7.27. The number of carbonyl (C=O) groups is 2. The fourth-order valence-corrected chi connectivity index (χ4v) is 4.65. The van der Waals surface area contributed by atoms with Gasteiger partial charge in [0.05, 0.1) is 23.0 Å². The van der Waals surface area contributed by atoms with Gasteiger partial charge in [0.25, 0.3) is 5.56 Å². The monoisotopic (exact) mass is 500 g/mol. The number of allylic oxidation sites excluding steroid dienone is 1. The van der Waals surface area contributed by atoms with Crippen LogP contribution in [0.1, 0.15) is 50.6 Å². The van der Waals surface area contributed by atoms with Gasteiger partial charge >= 0.3 is 11.7 Å².